The highest BCUT2D eigenvalue weighted by atomic mass is 19.4. The Morgan fingerprint density at radius 1 is 0.976 bits per heavy atom. The van der Waals surface area contributed by atoms with Gasteiger partial charge in [-0.1, -0.05) is 37.6 Å². The molecule has 3 aromatic carbocycles. The van der Waals surface area contributed by atoms with Crippen LogP contribution < -0.4 is 5.32 Å². The Bertz CT molecular complexity index is 1610. The van der Waals surface area contributed by atoms with E-state index in [1.807, 2.05) is 49.4 Å². The zero-order valence-corrected chi connectivity index (χ0v) is 23.5. The molecule has 0 radical (unpaired) electrons. The molecule has 1 heterocycles. The van der Waals surface area contributed by atoms with Gasteiger partial charge in [0, 0.05) is 31.9 Å². The number of benzene rings is 3. The summed E-state index contributed by atoms with van der Waals surface area (Å²) in [5, 5.41) is 19.7. The van der Waals surface area contributed by atoms with E-state index in [2.05, 4.69) is 22.9 Å². The van der Waals surface area contributed by atoms with Gasteiger partial charge in [0.15, 0.2) is 0 Å². The monoisotopic (exact) mass is 584 g/mol. The van der Waals surface area contributed by atoms with E-state index in [1.54, 1.807) is 26.2 Å². The smallest absolute Gasteiger partial charge is 0.478 e. The summed E-state index contributed by atoms with van der Waals surface area (Å²) in [6.07, 6.45) is -2.19. The van der Waals surface area contributed by atoms with Crippen LogP contribution in [0.3, 0.4) is 0 Å². The van der Waals surface area contributed by atoms with Gasteiger partial charge in [-0.2, -0.15) is 13.2 Å². The van der Waals surface area contributed by atoms with Crippen LogP contribution in [0.25, 0.3) is 27.8 Å². The van der Waals surface area contributed by atoms with E-state index in [1.165, 1.54) is 4.90 Å². The maximum absolute atomic E-state index is 12.2. The lowest BCUT2D eigenvalue weighted by atomic mass is 9.95. The zero-order chi connectivity index (χ0) is 31.2. The van der Waals surface area contributed by atoms with Crippen molar-refractivity contribution in [2.45, 2.75) is 39.3 Å². The molecule has 2 amide bonds. The molecule has 12 heteroatoms. The number of nitrogens with one attached hydrogen (secondary N) is 1. The first-order valence-corrected chi connectivity index (χ1v) is 13.0. The first-order chi connectivity index (χ1) is 19.7. The first-order valence-electron chi connectivity index (χ1n) is 13.0. The number of aryl methyl sites for hydroxylation is 2. The summed E-state index contributed by atoms with van der Waals surface area (Å²) in [6, 6.07) is 18.6. The Hall–Kier alpha value is -4.87. The molecule has 222 valence electrons. The number of carboxylic acids is 2. The topological polar surface area (TPSA) is 125 Å². The van der Waals surface area contributed by atoms with Gasteiger partial charge in [0.1, 0.15) is 5.82 Å². The Morgan fingerprint density at radius 3 is 2.21 bits per heavy atom. The lowest BCUT2D eigenvalue weighted by Gasteiger charge is -2.15. The zero-order valence-electron chi connectivity index (χ0n) is 23.5. The number of rotatable bonds is 7. The molecule has 0 bridgehead atoms. The van der Waals surface area contributed by atoms with E-state index < -0.39 is 18.1 Å². The fourth-order valence-corrected chi connectivity index (χ4v) is 4.22. The lowest BCUT2D eigenvalue weighted by Crippen LogP contribution is -2.27. The third-order valence-corrected chi connectivity index (χ3v) is 6.29. The van der Waals surface area contributed by atoms with E-state index in [4.69, 9.17) is 14.9 Å². The van der Waals surface area contributed by atoms with Gasteiger partial charge in [-0.3, -0.25) is 4.57 Å². The summed E-state index contributed by atoms with van der Waals surface area (Å²) >= 11 is 0. The van der Waals surface area contributed by atoms with Crippen molar-refractivity contribution in [3.05, 3.63) is 77.6 Å². The van der Waals surface area contributed by atoms with E-state index in [0.717, 1.165) is 52.9 Å². The fraction of sp³-hybridized carbons (Fsp3) is 0.267. The highest BCUT2D eigenvalue weighted by Crippen LogP contribution is 2.31. The van der Waals surface area contributed by atoms with Gasteiger partial charge in [-0.15, -0.1) is 0 Å². The van der Waals surface area contributed by atoms with Crippen LogP contribution in [0, 0.1) is 6.92 Å². The van der Waals surface area contributed by atoms with Crippen LogP contribution in [0.1, 0.15) is 41.5 Å². The number of alkyl halides is 3. The quantitative estimate of drug-likeness (QED) is 0.220. The number of unbranched alkanes of at least 4 members (excludes halogenated alkanes) is 1. The molecule has 4 rings (SSSR count). The molecule has 0 aliphatic carbocycles. The average molecular weight is 585 g/mol. The van der Waals surface area contributed by atoms with E-state index in [-0.39, 0.29) is 11.6 Å². The minimum absolute atomic E-state index is 0.195. The van der Waals surface area contributed by atoms with Gasteiger partial charge in [-0.25, -0.2) is 19.4 Å². The Labute approximate surface area is 240 Å². The molecular weight excluding hydrogens is 553 g/mol. The van der Waals surface area contributed by atoms with Crippen LogP contribution in [0.2, 0.25) is 0 Å². The van der Waals surface area contributed by atoms with Crippen molar-refractivity contribution in [2.24, 2.45) is 0 Å². The summed E-state index contributed by atoms with van der Waals surface area (Å²) in [5.41, 5.74) is 6.23. The fourth-order valence-electron chi connectivity index (χ4n) is 4.22. The summed E-state index contributed by atoms with van der Waals surface area (Å²) in [6.45, 7) is 4.14. The molecule has 42 heavy (non-hydrogen) atoms. The molecule has 0 fully saturated rings. The third-order valence-electron chi connectivity index (χ3n) is 6.29. The summed E-state index contributed by atoms with van der Waals surface area (Å²) < 4.78 is 33.9. The van der Waals surface area contributed by atoms with Crippen molar-refractivity contribution in [1.82, 2.24) is 14.5 Å². The number of halogens is 3. The summed E-state index contributed by atoms with van der Waals surface area (Å²) in [7, 11) is 3.40. The molecule has 0 aliphatic rings. The van der Waals surface area contributed by atoms with E-state index in [0.29, 0.717) is 11.3 Å². The Kier molecular flexibility index (Phi) is 9.95. The third kappa shape index (κ3) is 7.45. The number of imidazole rings is 1. The predicted molar refractivity (Wildman–Crippen MR) is 153 cm³/mol. The van der Waals surface area contributed by atoms with Crippen molar-refractivity contribution in [2.75, 3.05) is 19.4 Å². The molecule has 0 spiro atoms. The molecule has 0 saturated heterocycles. The number of anilines is 1. The number of carbonyl (C=O) groups excluding carboxylic acids is 1. The normalized spacial score (nSPS) is 11.0. The Morgan fingerprint density at radius 2 is 1.64 bits per heavy atom. The number of hydrogen-bond donors (Lipinski definition) is 3. The van der Waals surface area contributed by atoms with Gasteiger partial charge < -0.3 is 20.4 Å². The molecule has 1 aromatic heterocycles. The van der Waals surface area contributed by atoms with Gasteiger partial charge >= 0.3 is 24.1 Å². The molecule has 9 nitrogen and oxygen atoms in total. The van der Waals surface area contributed by atoms with Crippen LogP contribution in [-0.4, -0.2) is 62.9 Å². The molecule has 0 unspecified atom stereocenters. The van der Waals surface area contributed by atoms with Crippen molar-refractivity contribution >= 4 is 34.7 Å². The highest BCUT2D eigenvalue weighted by Gasteiger charge is 2.38. The minimum atomic E-state index is -5.08. The SMILES string of the molecule is CCCCc1nc2ccc(NC(=O)N(C)C)cc2n1-c1ccc(-c2ccccc2C(=O)O)c(C)c1.O=C(O)C(F)(F)F. The first kappa shape index (κ1) is 31.7. The average Bonchev–Trinajstić information content (AvgIpc) is 3.29. The number of urea groups is 1. The van der Waals surface area contributed by atoms with Gasteiger partial charge in [-0.05, 0) is 66.4 Å². The van der Waals surface area contributed by atoms with Crippen LogP contribution in [0.4, 0.5) is 23.7 Å². The predicted octanol–water partition coefficient (Wildman–Crippen LogP) is 6.77. The molecule has 0 aliphatic heterocycles. The number of fused-ring (bicyclic) bond motifs is 1. The molecule has 0 saturated carbocycles. The maximum atomic E-state index is 12.2. The van der Waals surface area contributed by atoms with E-state index >= 15 is 0 Å². The largest absolute Gasteiger partial charge is 0.490 e. The van der Waals surface area contributed by atoms with Crippen molar-refractivity contribution in [3.8, 4) is 16.8 Å². The number of aromatic nitrogens is 2. The van der Waals surface area contributed by atoms with Gasteiger partial charge in [0.2, 0.25) is 0 Å². The van der Waals surface area contributed by atoms with Crippen molar-refractivity contribution in [1.29, 1.82) is 0 Å². The Balaban J connectivity index is 0.000000616. The van der Waals surface area contributed by atoms with Crippen LogP contribution in [0.15, 0.2) is 60.7 Å². The maximum Gasteiger partial charge on any atom is 0.490 e. The number of carboxylic acid groups (broad SMARTS) is 2. The number of nitrogens with zero attached hydrogens (tertiary/aromatic N) is 3. The molecule has 0 atom stereocenters. The number of carbonyl (C=O) groups is 3. The highest BCUT2D eigenvalue weighted by molar-refractivity contribution is 5.96. The second kappa shape index (κ2) is 13.2. The second-order valence-corrected chi connectivity index (χ2v) is 9.65. The van der Waals surface area contributed by atoms with Crippen molar-refractivity contribution in [3.63, 3.8) is 0 Å². The van der Waals surface area contributed by atoms with E-state index in [9.17, 15) is 27.9 Å². The number of aliphatic carboxylic acids is 1. The minimum Gasteiger partial charge on any atom is -0.478 e. The van der Waals surface area contributed by atoms with Crippen LogP contribution >= 0.6 is 0 Å². The number of hydrogen-bond acceptors (Lipinski definition) is 4. The number of amides is 2. The number of aromatic carboxylic acids is 1. The lowest BCUT2D eigenvalue weighted by molar-refractivity contribution is -0.192. The van der Waals surface area contributed by atoms with Gasteiger partial charge in [0.25, 0.3) is 0 Å². The molecule has 3 N–H and O–H groups in total. The van der Waals surface area contributed by atoms with Crippen LogP contribution in [-0.2, 0) is 11.2 Å². The van der Waals surface area contributed by atoms with Crippen molar-refractivity contribution < 1.29 is 37.8 Å². The molecule has 4 aromatic rings. The summed E-state index contributed by atoms with van der Waals surface area (Å²) in [5.74, 6) is -2.75. The second-order valence-electron chi connectivity index (χ2n) is 9.65. The summed E-state index contributed by atoms with van der Waals surface area (Å²) in [4.78, 5) is 39.2. The molecular formula is C30H31F3N4O5. The standard InChI is InChI=1S/C28H30N4O3.C2HF3O2/c1-5-6-11-26-30-24-15-12-19(29-28(35)31(3)4)17-25(24)32(26)20-13-14-21(18(2)16-20)22-9-7-8-10-23(22)27(33)34;3-2(4,5)1(6)7/h7-10,12-17H,5-6,11H2,1-4H3,(H,29,35)(H,33,34);(H,6,7). The van der Waals surface area contributed by atoms with Crippen LogP contribution in [0.5, 0.6) is 0 Å². The van der Waals surface area contributed by atoms with Gasteiger partial charge in [0.05, 0.1) is 16.6 Å².